The van der Waals surface area contributed by atoms with Crippen LogP contribution in [0.3, 0.4) is 0 Å². The van der Waals surface area contributed by atoms with Crippen molar-refractivity contribution in [3.05, 3.63) is 29.1 Å². The van der Waals surface area contributed by atoms with Crippen molar-refractivity contribution < 1.29 is 9.50 Å². The quantitative estimate of drug-likeness (QED) is 0.797. The third-order valence-corrected chi connectivity index (χ3v) is 2.98. The highest BCUT2D eigenvalue weighted by atomic mass is 35.5. The van der Waals surface area contributed by atoms with Gasteiger partial charge in [0.25, 0.3) is 0 Å². The van der Waals surface area contributed by atoms with Gasteiger partial charge in [-0.15, -0.1) is 12.4 Å². The van der Waals surface area contributed by atoms with Gasteiger partial charge in [0.1, 0.15) is 11.6 Å². The van der Waals surface area contributed by atoms with E-state index in [2.05, 4.69) is 5.32 Å². The summed E-state index contributed by atoms with van der Waals surface area (Å²) in [7, 11) is 0. The van der Waals surface area contributed by atoms with Crippen molar-refractivity contribution in [2.24, 2.45) is 0 Å². The summed E-state index contributed by atoms with van der Waals surface area (Å²) < 4.78 is 13.2. The van der Waals surface area contributed by atoms with Crippen LogP contribution in [-0.2, 0) is 0 Å². The fraction of sp³-hybridized carbons (Fsp3) is 0.500. The Morgan fingerprint density at radius 2 is 2.12 bits per heavy atom. The van der Waals surface area contributed by atoms with Crippen molar-refractivity contribution >= 4 is 12.4 Å². The summed E-state index contributed by atoms with van der Waals surface area (Å²) in [4.78, 5) is 0. The minimum absolute atomic E-state index is 0. The second-order valence-electron chi connectivity index (χ2n) is 4.16. The van der Waals surface area contributed by atoms with Crippen molar-refractivity contribution in [2.45, 2.75) is 32.2 Å². The lowest BCUT2D eigenvalue weighted by molar-refractivity contribution is 0.387. The summed E-state index contributed by atoms with van der Waals surface area (Å²) in [6.07, 6.45) is 3.26. The lowest BCUT2D eigenvalue weighted by atomic mass is 9.95. The zero-order chi connectivity index (χ0) is 10.8. The highest BCUT2D eigenvalue weighted by Gasteiger charge is 2.19. The normalized spacial score (nSPS) is 20.2. The average molecular weight is 246 g/mol. The van der Waals surface area contributed by atoms with Gasteiger partial charge in [-0.1, -0.05) is 6.42 Å². The van der Waals surface area contributed by atoms with Crippen molar-refractivity contribution in [1.82, 2.24) is 5.32 Å². The summed E-state index contributed by atoms with van der Waals surface area (Å²) in [5.74, 6) is -0.0385. The van der Waals surface area contributed by atoms with E-state index < -0.39 is 0 Å². The molecule has 1 fully saturated rings. The molecule has 1 heterocycles. The standard InChI is InChI=1S/C12H16FNO.ClH/c1-8-6-9(13)7-10(12(8)15)11-4-2-3-5-14-11;/h6-7,11,14-15H,2-5H2,1H3;1H/t11-;/m0./s1. The highest BCUT2D eigenvalue weighted by Crippen LogP contribution is 2.32. The smallest absolute Gasteiger partial charge is 0.124 e. The van der Waals surface area contributed by atoms with Crippen LogP contribution >= 0.6 is 12.4 Å². The van der Waals surface area contributed by atoms with Crippen molar-refractivity contribution in [2.75, 3.05) is 6.54 Å². The zero-order valence-corrected chi connectivity index (χ0v) is 10.1. The fourth-order valence-electron chi connectivity index (χ4n) is 2.14. The Bertz CT molecular complexity index is 364. The number of aryl methyl sites for hydroxylation is 1. The monoisotopic (exact) mass is 245 g/mol. The molecule has 1 atom stereocenters. The van der Waals surface area contributed by atoms with Crippen LogP contribution in [0, 0.1) is 12.7 Å². The Morgan fingerprint density at radius 3 is 2.75 bits per heavy atom. The second kappa shape index (κ2) is 5.51. The van der Waals surface area contributed by atoms with E-state index in [1.807, 2.05) is 0 Å². The molecule has 0 aliphatic carbocycles. The summed E-state index contributed by atoms with van der Waals surface area (Å²) in [5, 5.41) is 13.2. The number of halogens is 2. The Hall–Kier alpha value is -0.800. The lowest BCUT2D eigenvalue weighted by Gasteiger charge is -2.25. The van der Waals surface area contributed by atoms with E-state index in [9.17, 15) is 9.50 Å². The topological polar surface area (TPSA) is 32.3 Å². The second-order valence-corrected chi connectivity index (χ2v) is 4.16. The van der Waals surface area contributed by atoms with E-state index in [1.165, 1.54) is 12.1 Å². The molecule has 0 bridgehead atoms. The molecule has 0 spiro atoms. The fourth-order valence-corrected chi connectivity index (χ4v) is 2.14. The number of nitrogens with one attached hydrogen (secondary N) is 1. The minimum Gasteiger partial charge on any atom is -0.507 e. The Morgan fingerprint density at radius 1 is 1.38 bits per heavy atom. The Balaban J connectivity index is 0.00000128. The lowest BCUT2D eigenvalue weighted by Crippen LogP contribution is -2.27. The molecule has 0 aromatic heterocycles. The van der Waals surface area contributed by atoms with Crippen LogP contribution in [0.5, 0.6) is 5.75 Å². The third-order valence-electron chi connectivity index (χ3n) is 2.98. The number of piperidine rings is 1. The van der Waals surface area contributed by atoms with E-state index >= 15 is 0 Å². The van der Waals surface area contributed by atoms with Crippen LogP contribution in [0.4, 0.5) is 4.39 Å². The number of aromatic hydroxyl groups is 1. The average Bonchev–Trinajstić information content (AvgIpc) is 2.24. The number of rotatable bonds is 1. The SMILES string of the molecule is Cc1cc(F)cc([C@@H]2CCCCN2)c1O.Cl. The van der Waals surface area contributed by atoms with Crippen LogP contribution in [0.25, 0.3) is 0 Å². The molecule has 1 aromatic rings. The molecule has 0 radical (unpaired) electrons. The van der Waals surface area contributed by atoms with E-state index in [1.54, 1.807) is 6.92 Å². The molecule has 2 nitrogen and oxygen atoms in total. The Kier molecular flexibility index (Phi) is 4.56. The van der Waals surface area contributed by atoms with E-state index in [0.29, 0.717) is 11.1 Å². The van der Waals surface area contributed by atoms with E-state index in [-0.39, 0.29) is 30.0 Å². The first-order chi connectivity index (χ1) is 7.18. The molecule has 90 valence electrons. The molecule has 0 amide bonds. The number of hydrogen-bond donors (Lipinski definition) is 2. The van der Waals surface area contributed by atoms with Crippen molar-refractivity contribution in [3.63, 3.8) is 0 Å². The molecule has 2 rings (SSSR count). The van der Waals surface area contributed by atoms with E-state index in [4.69, 9.17) is 0 Å². The molecule has 1 saturated heterocycles. The summed E-state index contributed by atoms with van der Waals surface area (Å²) >= 11 is 0. The maximum Gasteiger partial charge on any atom is 0.124 e. The van der Waals surface area contributed by atoms with Crippen molar-refractivity contribution in [1.29, 1.82) is 0 Å². The molecular formula is C12H17ClFNO. The molecule has 1 aliphatic heterocycles. The molecular weight excluding hydrogens is 229 g/mol. The zero-order valence-electron chi connectivity index (χ0n) is 9.29. The molecule has 16 heavy (non-hydrogen) atoms. The van der Waals surface area contributed by atoms with Gasteiger partial charge in [0.2, 0.25) is 0 Å². The van der Waals surface area contributed by atoms with Gasteiger partial charge in [0.15, 0.2) is 0 Å². The van der Waals surface area contributed by atoms with Gasteiger partial charge < -0.3 is 10.4 Å². The molecule has 4 heteroatoms. The van der Waals surface area contributed by atoms with Crippen LogP contribution in [0.1, 0.15) is 36.4 Å². The van der Waals surface area contributed by atoms with Gasteiger partial charge in [0, 0.05) is 11.6 Å². The molecule has 0 unspecified atom stereocenters. The Labute approximate surface area is 101 Å². The van der Waals surface area contributed by atoms with Crippen LogP contribution in [0.2, 0.25) is 0 Å². The van der Waals surface area contributed by atoms with Crippen LogP contribution in [-0.4, -0.2) is 11.7 Å². The molecule has 0 saturated carbocycles. The molecule has 2 N–H and O–H groups in total. The first-order valence-electron chi connectivity index (χ1n) is 5.41. The third kappa shape index (κ3) is 2.66. The number of phenols is 1. The van der Waals surface area contributed by atoms with Crippen LogP contribution in [0.15, 0.2) is 12.1 Å². The van der Waals surface area contributed by atoms with Gasteiger partial charge in [-0.3, -0.25) is 0 Å². The van der Waals surface area contributed by atoms with Gasteiger partial charge in [-0.25, -0.2) is 4.39 Å². The summed E-state index contributed by atoms with van der Waals surface area (Å²) in [5.41, 5.74) is 1.31. The summed E-state index contributed by atoms with van der Waals surface area (Å²) in [6.45, 7) is 2.67. The van der Waals surface area contributed by atoms with Gasteiger partial charge in [-0.2, -0.15) is 0 Å². The largest absolute Gasteiger partial charge is 0.507 e. The van der Waals surface area contributed by atoms with Crippen LogP contribution < -0.4 is 5.32 Å². The van der Waals surface area contributed by atoms with E-state index in [0.717, 1.165) is 25.8 Å². The first-order valence-corrected chi connectivity index (χ1v) is 5.41. The predicted molar refractivity (Wildman–Crippen MR) is 64.6 cm³/mol. The van der Waals surface area contributed by atoms with Crippen molar-refractivity contribution in [3.8, 4) is 5.75 Å². The number of benzene rings is 1. The minimum atomic E-state index is -0.271. The highest BCUT2D eigenvalue weighted by molar-refractivity contribution is 5.85. The maximum atomic E-state index is 13.2. The van der Waals surface area contributed by atoms with Gasteiger partial charge in [-0.05, 0) is 44.0 Å². The van der Waals surface area contributed by atoms with Gasteiger partial charge >= 0.3 is 0 Å². The summed E-state index contributed by atoms with van der Waals surface area (Å²) in [6, 6.07) is 2.90. The predicted octanol–water partition coefficient (Wildman–Crippen LogP) is 3.08. The first kappa shape index (κ1) is 13.3. The molecule has 1 aromatic carbocycles. The molecule has 1 aliphatic rings. The van der Waals surface area contributed by atoms with Gasteiger partial charge in [0.05, 0.1) is 0 Å². The number of hydrogen-bond acceptors (Lipinski definition) is 2. The number of phenolic OH excluding ortho intramolecular Hbond substituents is 1. The maximum absolute atomic E-state index is 13.2.